The molecule has 5 heteroatoms. The third-order valence-electron chi connectivity index (χ3n) is 4.41. The Balaban J connectivity index is 1.62. The molecule has 0 aliphatic rings. The quantitative estimate of drug-likeness (QED) is 0.628. The summed E-state index contributed by atoms with van der Waals surface area (Å²) in [6.07, 6.45) is 0. The van der Waals surface area contributed by atoms with Crippen LogP contribution in [0.5, 0.6) is 0 Å². The molecule has 0 fully saturated rings. The first-order valence-corrected chi connectivity index (χ1v) is 9.82. The SMILES string of the molecule is Cc1cccc(NC(=O)CSc2ccc(-c3cc(C)c(C)cc3C)nn2)c1. The number of rotatable bonds is 5. The highest BCUT2D eigenvalue weighted by Gasteiger charge is 2.09. The average Bonchev–Trinajstić information content (AvgIpc) is 2.63. The Morgan fingerprint density at radius 3 is 2.41 bits per heavy atom. The largest absolute Gasteiger partial charge is 0.325 e. The smallest absolute Gasteiger partial charge is 0.234 e. The lowest BCUT2D eigenvalue weighted by Crippen LogP contribution is -2.14. The van der Waals surface area contributed by atoms with Crippen LogP contribution in [0.4, 0.5) is 5.69 Å². The summed E-state index contributed by atoms with van der Waals surface area (Å²) in [5.74, 6) is 0.242. The van der Waals surface area contributed by atoms with Crippen molar-refractivity contribution in [3.8, 4) is 11.3 Å². The molecule has 1 heterocycles. The molecule has 3 rings (SSSR count). The molecule has 0 saturated heterocycles. The average molecular weight is 378 g/mol. The Kier molecular flexibility index (Phi) is 5.91. The summed E-state index contributed by atoms with van der Waals surface area (Å²) in [6.45, 7) is 8.29. The first kappa shape index (κ1) is 19.1. The van der Waals surface area contributed by atoms with Crippen LogP contribution < -0.4 is 5.32 Å². The standard InChI is InChI=1S/C22H23N3OS/c1-14-6-5-7-18(10-14)23-21(26)13-27-22-9-8-20(24-25-22)19-12-16(3)15(2)11-17(19)4/h5-12H,13H2,1-4H3,(H,23,26). The molecule has 0 aliphatic carbocycles. The summed E-state index contributed by atoms with van der Waals surface area (Å²) in [5, 5.41) is 12.3. The van der Waals surface area contributed by atoms with E-state index in [0.29, 0.717) is 5.75 Å². The van der Waals surface area contributed by atoms with E-state index in [9.17, 15) is 4.79 Å². The van der Waals surface area contributed by atoms with Crippen LogP contribution in [-0.2, 0) is 4.79 Å². The van der Waals surface area contributed by atoms with Crippen LogP contribution in [0.25, 0.3) is 11.3 Å². The van der Waals surface area contributed by atoms with Crippen molar-refractivity contribution in [3.63, 3.8) is 0 Å². The molecule has 0 unspecified atom stereocenters. The number of hydrogen-bond acceptors (Lipinski definition) is 4. The van der Waals surface area contributed by atoms with Gasteiger partial charge in [0.05, 0.1) is 11.4 Å². The van der Waals surface area contributed by atoms with Crippen LogP contribution in [0, 0.1) is 27.7 Å². The van der Waals surface area contributed by atoms with Crippen molar-refractivity contribution in [3.05, 3.63) is 70.8 Å². The molecule has 0 atom stereocenters. The molecule has 2 aromatic carbocycles. The van der Waals surface area contributed by atoms with Crippen LogP contribution in [0.2, 0.25) is 0 Å². The van der Waals surface area contributed by atoms with E-state index in [-0.39, 0.29) is 5.91 Å². The van der Waals surface area contributed by atoms with Crippen molar-refractivity contribution >= 4 is 23.4 Å². The molecule has 138 valence electrons. The molecule has 1 aromatic heterocycles. The fourth-order valence-electron chi connectivity index (χ4n) is 2.84. The maximum absolute atomic E-state index is 12.1. The van der Waals surface area contributed by atoms with Gasteiger partial charge in [0, 0.05) is 11.3 Å². The highest BCUT2D eigenvalue weighted by molar-refractivity contribution is 7.99. The maximum atomic E-state index is 12.1. The first-order valence-electron chi connectivity index (χ1n) is 8.83. The Morgan fingerprint density at radius 1 is 0.926 bits per heavy atom. The normalized spacial score (nSPS) is 10.7. The summed E-state index contributed by atoms with van der Waals surface area (Å²) < 4.78 is 0. The van der Waals surface area contributed by atoms with E-state index in [4.69, 9.17) is 0 Å². The number of thioether (sulfide) groups is 1. The van der Waals surface area contributed by atoms with Crippen LogP contribution >= 0.6 is 11.8 Å². The number of benzene rings is 2. The number of aryl methyl sites for hydroxylation is 4. The molecular weight excluding hydrogens is 354 g/mol. The lowest BCUT2D eigenvalue weighted by Gasteiger charge is -2.09. The second-order valence-corrected chi connectivity index (χ2v) is 7.71. The van der Waals surface area contributed by atoms with Crippen molar-refractivity contribution in [2.24, 2.45) is 0 Å². The summed E-state index contributed by atoms with van der Waals surface area (Å²) in [4.78, 5) is 12.1. The number of amides is 1. The fraction of sp³-hybridized carbons (Fsp3) is 0.227. The summed E-state index contributed by atoms with van der Waals surface area (Å²) in [7, 11) is 0. The number of nitrogens with one attached hydrogen (secondary N) is 1. The van der Waals surface area contributed by atoms with Crippen LogP contribution in [0.1, 0.15) is 22.3 Å². The number of anilines is 1. The molecular formula is C22H23N3OS. The van der Waals surface area contributed by atoms with Gasteiger partial charge in [0.2, 0.25) is 5.91 Å². The van der Waals surface area contributed by atoms with Gasteiger partial charge in [0.25, 0.3) is 0 Å². The Bertz CT molecular complexity index is 968. The van der Waals surface area contributed by atoms with Gasteiger partial charge in [-0.3, -0.25) is 4.79 Å². The molecule has 1 N–H and O–H groups in total. The Hall–Kier alpha value is -2.66. The molecule has 4 nitrogen and oxygen atoms in total. The predicted molar refractivity (Wildman–Crippen MR) is 112 cm³/mol. The van der Waals surface area contributed by atoms with Gasteiger partial charge in [0.1, 0.15) is 5.03 Å². The molecule has 0 radical (unpaired) electrons. The number of aromatic nitrogens is 2. The second kappa shape index (κ2) is 8.35. The number of carbonyl (C=O) groups excluding carboxylic acids is 1. The fourth-order valence-corrected chi connectivity index (χ4v) is 3.45. The number of nitrogens with zero attached hydrogens (tertiary/aromatic N) is 2. The van der Waals surface area contributed by atoms with Gasteiger partial charge in [-0.25, -0.2) is 0 Å². The molecule has 1 amide bonds. The van der Waals surface area contributed by atoms with E-state index >= 15 is 0 Å². The maximum Gasteiger partial charge on any atom is 0.234 e. The minimum absolute atomic E-state index is 0.0542. The zero-order chi connectivity index (χ0) is 19.4. The van der Waals surface area contributed by atoms with Crippen molar-refractivity contribution < 1.29 is 4.79 Å². The Morgan fingerprint density at radius 2 is 1.70 bits per heavy atom. The van der Waals surface area contributed by atoms with Gasteiger partial charge < -0.3 is 5.32 Å². The van der Waals surface area contributed by atoms with E-state index < -0.39 is 0 Å². The van der Waals surface area contributed by atoms with Crippen LogP contribution in [0.3, 0.4) is 0 Å². The van der Waals surface area contributed by atoms with E-state index in [1.165, 1.54) is 28.5 Å². The number of hydrogen-bond donors (Lipinski definition) is 1. The molecule has 3 aromatic rings. The van der Waals surface area contributed by atoms with E-state index in [1.54, 1.807) is 0 Å². The molecule has 27 heavy (non-hydrogen) atoms. The van der Waals surface area contributed by atoms with Gasteiger partial charge in [-0.1, -0.05) is 30.0 Å². The predicted octanol–water partition coefficient (Wildman–Crippen LogP) is 5.11. The third-order valence-corrected chi connectivity index (χ3v) is 5.33. The molecule has 0 spiro atoms. The minimum Gasteiger partial charge on any atom is -0.325 e. The van der Waals surface area contributed by atoms with E-state index in [2.05, 4.69) is 48.4 Å². The zero-order valence-corrected chi connectivity index (χ0v) is 16.9. The van der Waals surface area contributed by atoms with Gasteiger partial charge in [0.15, 0.2) is 0 Å². The summed E-state index contributed by atoms with van der Waals surface area (Å²) in [5.41, 5.74) is 7.57. The number of carbonyl (C=O) groups is 1. The minimum atomic E-state index is -0.0542. The van der Waals surface area contributed by atoms with E-state index in [1.807, 2.05) is 43.3 Å². The zero-order valence-electron chi connectivity index (χ0n) is 16.0. The van der Waals surface area contributed by atoms with Gasteiger partial charge in [-0.05, 0) is 80.3 Å². The lowest BCUT2D eigenvalue weighted by molar-refractivity contribution is -0.113. The molecule has 0 aliphatic heterocycles. The molecule has 0 bridgehead atoms. The van der Waals surface area contributed by atoms with Gasteiger partial charge >= 0.3 is 0 Å². The van der Waals surface area contributed by atoms with Crippen molar-refractivity contribution in [2.45, 2.75) is 32.7 Å². The highest BCUT2D eigenvalue weighted by Crippen LogP contribution is 2.25. The van der Waals surface area contributed by atoms with Gasteiger partial charge in [-0.2, -0.15) is 0 Å². The van der Waals surface area contributed by atoms with Crippen molar-refractivity contribution in [2.75, 3.05) is 11.1 Å². The Labute approximate surface area is 164 Å². The van der Waals surface area contributed by atoms with E-state index in [0.717, 1.165) is 27.5 Å². The highest BCUT2D eigenvalue weighted by atomic mass is 32.2. The second-order valence-electron chi connectivity index (χ2n) is 6.71. The first-order chi connectivity index (χ1) is 12.9. The summed E-state index contributed by atoms with van der Waals surface area (Å²) in [6, 6.07) is 16.0. The summed E-state index contributed by atoms with van der Waals surface area (Å²) >= 11 is 1.38. The third kappa shape index (κ3) is 4.95. The van der Waals surface area contributed by atoms with Crippen LogP contribution in [0.15, 0.2) is 53.6 Å². The lowest BCUT2D eigenvalue weighted by atomic mass is 9.99. The van der Waals surface area contributed by atoms with Crippen molar-refractivity contribution in [1.29, 1.82) is 0 Å². The monoisotopic (exact) mass is 377 g/mol. The van der Waals surface area contributed by atoms with Gasteiger partial charge in [-0.15, -0.1) is 10.2 Å². The van der Waals surface area contributed by atoms with Crippen LogP contribution in [-0.4, -0.2) is 21.9 Å². The molecule has 0 saturated carbocycles. The topological polar surface area (TPSA) is 54.9 Å². The van der Waals surface area contributed by atoms with Crippen molar-refractivity contribution in [1.82, 2.24) is 10.2 Å².